The normalized spacial score (nSPS) is 11.2. The second-order valence-corrected chi connectivity index (χ2v) is 3.95. The monoisotopic (exact) mass is 237 g/mol. The van der Waals surface area contributed by atoms with Crippen LogP contribution in [0, 0.1) is 0 Å². The van der Waals surface area contributed by atoms with Crippen LogP contribution in [0.25, 0.3) is 0 Å². The molecule has 0 aliphatic carbocycles. The van der Waals surface area contributed by atoms with Gasteiger partial charge in [0, 0.05) is 39.8 Å². The van der Waals surface area contributed by atoms with Crippen molar-refractivity contribution < 1.29 is 9.47 Å². The third kappa shape index (κ3) is 10.5. The lowest BCUT2D eigenvalue weighted by Crippen LogP contribution is -2.30. The first-order chi connectivity index (χ1) is 7.35. The van der Waals surface area contributed by atoms with Gasteiger partial charge in [0.25, 0.3) is 0 Å². The molecule has 0 fully saturated rings. The molecule has 0 saturated carbocycles. The molecule has 0 rings (SSSR count). The van der Waals surface area contributed by atoms with Crippen molar-refractivity contribution in [3.8, 4) is 0 Å². The standard InChI is InChI=1S/C11H24ClNO2/c1-14-10-5-8-13(9-11-15-2)7-4-3-6-12/h3-11H2,1-2H3. The van der Waals surface area contributed by atoms with Crippen LogP contribution >= 0.6 is 11.6 Å². The van der Waals surface area contributed by atoms with Gasteiger partial charge in [-0.3, -0.25) is 0 Å². The van der Waals surface area contributed by atoms with Crippen molar-refractivity contribution in [2.75, 3.05) is 52.9 Å². The van der Waals surface area contributed by atoms with Gasteiger partial charge in [0.2, 0.25) is 0 Å². The highest BCUT2D eigenvalue weighted by atomic mass is 35.5. The van der Waals surface area contributed by atoms with Crippen molar-refractivity contribution in [2.45, 2.75) is 19.3 Å². The number of alkyl halides is 1. The molecule has 0 saturated heterocycles. The number of methoxy groups -OCH3 is 2. The topological polar surface area (TPSA) is 21.7 Å². The lowest BCUT2D eigenvalue weighted by Gasteiger charge is -2.21. The Bertz CT molecular complexity index is 115. The van der Waals surface area contributed by atoms with Crippen LogP contribution in [0.1, 0.15) is 19.3 Å². The third-order valence-corrected chi connectivity index (χ3v) is 2.56. The van der Waals surface area contributed by atoms with Gasteiger partial charge in [-0.15, -0.1) is 11.6 Å². The molecule has 15 heavy (non-hydrogen) atoms. The molecule has 4 heteroatoms. The fraction of sp³-hybridized carbons (Fsp3) is 1.00. The summed E-state index contributed by atoms with van der Waals surface area (Å²) in [6.07, 6.45) is 3.34. The van der Waals surface area contributed by atoms with Gasteiger partial charge in [-0.25, -0.2) is 0 Å². The van der Waals surface area contributed by atoms with Gasteiger partial charge in [0.1, 0.15) is 0 Å². The molecule has 0 unspecified atom stereocenters. The number of nitrogens with zero attached hydrogens (tertiary/aromatic N) is 1. The highest BCUT2D eigenvalue weighted by Gasteiger charge is 2.03. The Morgan fingerprint density at radius 2 is 1.53 bits per heavy atom. The van der Waals surface area contributed by atoms with E-state index in [1.54, 1.807) is 14.2 Å². The van der Waals surface area contributed by atoms with Crippen molar-refractivity contribution in [2.24, 2.45) is 0 Å². The van der Waals surface area contributed by atoms with Gasteiger partial charge in [0.15, 0.2) is 0 Å². The number of ether oxygens (including phenoxy) is 2. The Morgan fingerprint density at radius 1 is 0.867 bits per heavy atom. The molecule has 92 valence electrons. The Morgan fingerprint density at radius 3 is 2.13 bits per heavy atom. The molecule has 0 aliphatic heterocycles. The first-order valence-electron chi connectivity index (χ1n) is 5.61. The minimum Gasteiger partial charge on any atom is -0.385 e. The number of halogens is 1. The quantitative estimate of drug-likeness (QED) is 0.405. The molecule has 0 aromatic heterocycles. The summed E-state index contributed by atoms with van der Waals surface area (Å²) in [7, 11) is 3.49. The molecule has 0 aromatic rings. The summed E-state index contributed by atoms with van der Waals surface area (Å²) in [6, 6.07) is 0. The Hall–Kier alpha value is 0.170. The van der Waals surface area contributed by atoms with E-state index in [0.29, 0.717) is 0 Å². The maximum atomic E-state index is 5.65. The minimum absolute atomic E-state index is 0.760. The molecule has 0 bridgehead atoms. The molecule has 0 aliphatic rings. The van der Waals surface area contributed by atoms with Crippen molar-refractivity contribution in [1.29, 1.82) is 0 Å². The van der Waals surface area contributed by atoms with Crippen LogP contribution in [0.2, 0.25) is 0 Å². The van der Waals surface area contributed by atoms with E-state index in [1.807, 2.05) is 0 Å². The molecule has 0 N–H and O–H groups in total. The SMILES string of the molecule is COCCCN(CCCCCl)CCOC. The fourth-order valence-corrected chi connectivity index (χ4v) is 1.61. The maximum absolute atomic E-state index is 5.65. The van der Waals surface area contributed by atoms with Crippen LogP contribution in [-0.4, -0.2) is 57.8 Å². The molecule has 0 amide bonds. The van der Waals surface area contributed by atoms with Gasteiger partial charge < -0.3 is 14.4 Å². The average molecular weight is 238 g/mol. The first-order valence-corrected chi connectivity index (χ1v) is 6.14. The van der Waals surface area contributed by atoms with E-state index in [4.69, 9.17) is 21.1 Å². The predicted octanol–water partition coefficient (Wildman–Crippen LogP) is 1.99. The van der Waals surface area contributed by atoms with Crippen molar-refractivity contribution in [1.82, 2.24) is 4.90 Å². The number of hydrogen-bond acceptors (Lipinski definition) is 3. The Labute approximate surface area is 98.7 Å². The summed E-state index contributed by atoms with van der Waals surface area (Å²) in [5.74, 6) is 0.760. The van der Waals surface area contributed by atoms with Crippen LogP contribution in [0.3, 0.4) is 0 Å². The predicted molar refractivity (Wildman–Crippen MR) is 64.8 cm³/mol. The van der Waals surface area contributed by atoms with E-state index in [0.717, 1.165) is 51.6 Å². The molecular weight excluding hydrogens is 214 g/mol. The molecule has 0 aromatic carbocycles. The van der Waals surface area contributed by atoms with Gasteiger partial charge in [0.05, 0.1) is 6.61 Å². The van der Waals surface area contributed by atoms with Crippen molar-refractivity contribution in [3.05, 3.63) is 0 Å². The smallest absolute Gasteiger partial charge is 0.0589 e. The first kappa shape index (κ1) is 15.2. The lowest BCUT2D eigenvalue weighted by molar-refractivity contribution is 0.132. The van der Waals surface area contributed by atoms with E-state index < -0.39 is 0 Å². The van der Waals surface area contributed by atoms with Crippen LogP contribution in [0.4, 0.5) is 0 Å². The molecule has 3 nitrogen and oxygen atoms in total. The summed E-state index contributed by atoms with van der Waals surface area (Å²) in [5.41, 5.74) is 0. The van der Waals surface area contributed by atoms with E-state index in [-0.39, 0.29) is 0 Å². The van der Waals surface area contributed by atoms with Gasteiger partial charge >= 0.3 is 0 Å². The van der Waals surface area contributed by atoms with Gasteiger partial charge in [-0.2, -0.15) is 0 Å². The Kier molecular flexibility index (Phi) is 12.4. The summed E-state index contributed by atoms with van der Waals surface area (Å²) in [4.78, 5) is 2.41. The second kappa shape index (κ2) is 12.2. The van der Waals surface area contributed by atoms with E-state index >= 15 is 0 Å². The second-order valence-electron chi connectivity index (χ2n) is 3.58. The molecule has 0 heterocycles. The molecule has 0 radical (unpaired) electrons. The van der Waals surface area contributed by atoms with Crippen molar-refractivity contribution in [3.63, 3.8) is 0 Å². The highest BCUT2D eigenvalue weighted by Crippen LogP contribution is 1.99. The molecule has 0 atom stereocenters. The summed E-state index contributed by atoms with van der Waals surface area (Å²) in [6.45, 7) is 4.83. The van der Waals surface area contributed by atoms with Crippen molar-refractivity contribution >= 4 is 11.6 Å². The number of unbranched alkanes of at least 4 members (excludes halogenated alkanes) is 1. The fourth-order valence-electron chi connectivity index (χ4n) is 1.42. The average Bonchev–Trinajstić information content (AvgIpc) is 2.25. The summed E-state index contributed by atoms with van der Waals surface area (Å²) in [5, 5.41) is 0. The van der Waals surface area contributed by atoms with E-state index in [1.165, 1.54) is 6.42 Å². The molecule has 0 spiro atoms. The number of rotatable bonds is 11. The van der Waals surface area contributed by atoms with E-state index in [9.17, 15) is 0 Å². The summed E-state index contributed by atoms with van der Waals surface area (Å²) < 4.78 is 10.1. The number of hydrogen-bond donors (Lipinski definition) is 0. The Balaban J connectivity index is 3.53. The third-order valence-electron chi connectivity index (χ3n) is 2.29. The minimum atomic E-state index is 0.760. The van der Waals surface area contributed by atoms with Crippen LogP contribution < -0.4 is 0 Å². The highest BCUT2D eigenvalue weighted by molar-refractivity contribution is 6.17. The van der Waals surface area contributed by atoms with Crippen LogP contribution in [0.15, 0.2) is 0 Å². The maximum Gasteiger partial charge on any atom is 0.0589 e. The summed E-state index contributed by atoms with van der Waals surface area (Å²) >= 11 is 5.65. The van der Waals surface area contributed by atoms with Crippen LogP contribution in [-0.2, 0) is 9.47 Å². The largest absolute Gasteiger partial charge is 0.385 e. The van der Waals surface area contributed by atoms with Gasteiger partial charge in [-0.1, -0.05) is 0 Å². The van der Waals surface area contributed by atoms with E-state index in [2.05, 4.69) is 4.90 Å². The lowest BCUT2D eigenvalue weighted by atomic mass is 10.3. The van der Waals surface area contributed by atoms with Crippen LogP contribution in [0.5, 0.6) is 0 Å². The zero-order chi connectivity index (χ0) is 11.4. The molecular formula is C11H24ClNO2. The zero-order valence-electron chi connectivity index (χ0n) is 10.0. The van der Waals surface area contributed by atoms with Gasteiger partial charge in [-0.05, 0) is 25.8 Å². The zero-order valence-corrected chi connectivity index (χ0v) is 10.8.